The van der Waals surface area contributed by atoms with E-state index in [4.69, 9.17) is 4.74 Å². The quantitative estimate of drug-likeness (QED) is 0.221. The number of aliphatic imine (C=N–C) groups is 1. The van der Waals surface area contributed by atoms with Gasteiger partial charge in [0, 0.05) is 29.4 Å². The van der Waals surface area contributed by atoms with Gasteiger partial charge >= 0.3 is 6.09 Å². The SMILES string of the molecule is CCNC(=NCc1ccc(CC)s1)NCCCNC(=O)OC(C)(C)C.I. The monoisotopic (exact) mass is 496 g/mol. The predicted molar refractivity (Wildman–Crippen MR) is 121 cm³/mol. The van der Waals surface area contributed by atoms with Crippen molar-refractivity contribution in [1.82, 2.24) is 16.0 Å². The summed E-state index contributed by atoms with van der Waals surface area (Å²) in [4.78, 5) is 18.8. The van der Waals surface area contributed by atoms with Crippen LogP contribution in [0.15, 0.2) is 17.1 Å². The summed E-state index contributed by atoms with van der Waals surface area (Å²) in [6.45, 7) is 12.5. The Morgan fingerprint density at radius 2 is 1.77 bits per heavy atom. The van der Waals surface area contributed by atoms with Crippen molar-refractivity contribution in [2.24, 2.45) is 4.99 Å². The third-order valence-corrected chi connectivity index (χ3v) is 4.33. The van der Waals surface area contributed by atoms with Gasteiger partial charge in [-0.05, 0) is 52.7 Å². The summed E-state index contributed by atoms with van der Waals surface area (Å²) in [5.74, 6) is 0.797. The van der Waals surface area contributed by atoms with Crippen molar-refractivity contribution in [3.05, 3.63) is 21.9 Å². The molecule has 0 saturated heterocycles. The lowest BCUT2D eigenvalue weighted by molar-refractivity contribution is 0.0527. The minimum atomic E-state index is -0.466. The number of carbonyl (C=O) groups excluding carboxylic acids is 1. The standard InChI is InChI=1S/C18H32N4O2S.HI/c1-6-14-9-10-15(25-14)13-22-16(19-7-2)20-11-8-12-21-17(23)24-18(3,4)5;/h9-10H,6-8,11-13H2,1-5H3,(H,21,23)(H2,19,20,22);1H. The molecule has 0 atom stereocenters. The molecule has 0 unspecified atom stereocenters. The first-order valence-electron chi connectivity index (χ1n) is 8.90. The Morgan fingerprint density at radius 3 is 2.35 bits per heavy atom. The lowest BCUT2D eigenvalue weighted by Crippen LogP contribution is -2.39. The third-order valence-electron chi connectivity index (χ3n) is 3.12. The zero-order valence-corrected chi connectivity index (χ0v) is 19.6. The number of nitrogens with zero attached hydrogens (tertiary/aromatic N) is 1. The smallest absolute Gasteiger partial charge is 0.407 e. The highest BCUT2D eigenvalue weighted by Gasteiger charge is 2.15. The van der Waals surface area contributed by atoms with E-state index in [1.165, 1.54) is 9.75 Å². The first-order chi connectivity index (χ1) is 11.8. The Kier molecular flexibility index (Phi) is 12.7. The van der Waals surface area contributed by atoms with Crippen LogP contribution in [0, 0.1) is 0 Å². The molecule has 6 nitrogen and oxygen atoms in total. The largest absolute Gasteiger partial charge is 0.444 e. The molecular weight excluding hydrogens is 463 g/mol. The maximum Gasteiger partial charge on any atom is 0.407 e. The third kappa shape index (κ3) is 11.6. The normalized spacial score (nSPS) is 11.5. The molecule has 0 radical (unpaired) electrons. The Hall–Kier alpha value is -1.03. The molecule has 1 aromatic heterocycles. The number of hydrogen-bond acceptors (Lipinski definition) is 4. The van der Waals surface area contributed by atoms with Gasteiger partial charge in [-0.1, -0.05) is 6.92 Å². The van der Waals surface area contributed by atoms with E-state index in [1.807, 2.05) is 39.0 Å². The molecule has 8 heteroatoms. The number of aryl methyl sites for hydroxylation is 1. The second-order valence-electron chi connectivity index (χ2n) is 6.63. The number of halogens is 1. The van der Waals surface area contributed by atoms with E-state index in [-0.39, 0.29) is 30.1 Å². The maximum atomic E-state index is 11.6. The fraction of sp³-hybridized carbons (Fsp3) is 0.667. The van der Waals surface area contributed by atoms with Crippen molar-refractivity contribution in [3.8, 4) is 0 Å². The molecule has 1 heterocycles. The Morgan fingerprint density at radius 1 is 1.12 bits per heavy atom. The zero-order chi connectivity index (χ0) is 18.7. The maximum absolute atomic E-state index is 11.6. The van der Waals surface area contributed by atoms with Gasteiger partial charge in [-0.2, -0.15) is 0 Å². The minimum absolute atomic E-state index is 0. The number of alkyl carbamates (subject to hydrolysis) is 1. The van der Waals surface area contributed by atoms with Crippen molar-refractivity contribution >= 4 is 47.4 Å². The van der Waals surface area contributed by atoms with Crippen LogP contribution >= 0.6 is 35.3 Å². The van der Waals surface area contributed by atoms with Crippen LogP contribution in [-0.2, 0) is 17.7 Å². The number of hydrogen-bond donors (Lipinski definition) is 3. The molecule has 0 aromatic carbocycles. The van der Waals surface area contributed by atoms with E-state index in [2.05, 4.69) is 40.0 Å². The van der Waals surface area contributed by atoms with Gasteiger partial charge in [-0.15, -0.1) is 35.3 Å². The van der Waals surface area contributed by atoms with Crippen LogP contribution in [0.5, 0.6) is 0 Å². The summed E-state index contributed by atoms with van der Waals surface area (Å²) < 4.78 is 5.20. The highest BCUT2D eigenvalue weighted by Crippen LogP contribution is 2.17. The van der Waals surface area contributed by atoms with Gasteiger partial charge in [0.25, 0.3) is 0 Å². The Labute approximate surface area is 178 Å². The molecule has 0 spiro atoms. The van der Waals surface area contributed by atoms with E-state index in [0.717, 1.165) is 31.9 Å². The second-order valence-corrected chi connectivity index (χ2v) is 7.88. The number of guanidine groups is 1. The van der Waals surface area contributed by atoms with Crippen molar-refractivity contribution in [2.45, 2.75) is 59.6 Å². The number of thiophene rings is 1. The summed E-state index contributed by atoms with van der Waals surface area (Å²) >= 11 is 1.81. The van der Waals surface area contributed by atoms with Crippen LogP contribution in [0.1, 0.15) is 50.8 Å². The van der Waals surface area contributed by atoms with E-state index in [0.29, 0.717) is 13.1 Å². The fourth-order valence-corrected chi connectivity index (χ4v) is 2.88. The molecule has 0 aliphatic rings. The van der Waals surface area contributed by atoms with Crippen LogP contribution in [0.4, 0.5) is 4.79 Å². The van der Waals surface area contributed by atoms with Crippen molar-refractivity contribution in [2.75, 3.05) is 19.6 Å². The van der Waals surface area contributed by atoms with Gasteiger partial charge in [0.05, 0.1) is 6.54 Å². The van der Waals surface area contributed by atoms with E-state index in [9.17, 15) is 4.79 Å². The second kappa shape index (κ2) is 13.2. The van der Waals surface area contributed by atoms with Crippen LogP contribution < -0.4 is 16.0 Å². The molecule has 0 saturated carbocycles. The Bertz CT molecular complexity index is 556. The molecule has 0 aliphatic heterocycles. The first kappa shape index (κ1) is 25.0. The average Bonchev–Trinajstić information content (AvgIpc) is 2.98. The number of rotatable bonds is 8. The molecule has 0 fully saturated rings. The van der Waals surface area contributed by atoms with Crippen LogP contribution in [0.3, 0.4) is 0 Å². The molecule has 1 rings (SSSR count). The van der Waals surface area contributed by atoms with Crippen molar-refractivity contribution in [1.29, 1.82) is 0 Å². The summed E-state index contributed by atoms with van der Waals surface area (Å²) in [6.07, 6.45) is 1.48. The van der Waals surface area contributed by atoms with Gasteiger partial charge in [0.2, 0.25) is 0 Å². The van der Waals surface area contributed by atoms with Gasteiger partial charge in [0.1, 0.15) is 5.60 Å². The number of carbonyl (C=O) groups is 1. The number of ether oxygens (including phenoxy) is 1. The average molecular weight is 496 g/mol. The van der Waals surface area contributed by atoms with Crippen LogP contribution in [0.25, 0.3) is 0 Å². The molecule has 0 bridgehead atoms. The highest BCUT2D eigenvalue weighted by atomic mass is 127. The fourth-order valence-electron chi connectivity index (χ4n) is 2.00. The molecule has 1 aromatic rings. The first-order valence-corrected chi connectivity index (χ1v) is 9.72. The topological polar surface area (TPSA) is 74.8 Å². The molecular formula is C18H33IN4O2S. The summed E-state index contributed by atoms with van der Waals surface area (Å²) in [5.41, 5.74) is -0.466. The van der Waals surface area contributed by atoms with Gasteiger partial charge in [0.15, 0.2) is 5.96 Å². The predicted octanol–water partition coefficient (Wildman–Crippen LogP) is 3.90. The molecule has 150 valence electrons. The van der Waals surface area contributed by atoms with Gasteiger partial charge in [-0.25, -0.2) is 9.79 Å². The molecule has 26 heavy (non-hydrogen) atoms. The van der Waals surface area contributed by atoms with Gasteiger partial charge in [-0.3, -0.25) is 0 Å². The van der Waals surface area contributed by atoms with E-state index in [1.54, 1.807) is 0 Å². The van der Waals surface area contributed by atoms with Crippen LogP contribution in [0.2, 0.25) is 0 Å². The summed E-state index contributed by atoms with van der Waals surface area (Å²) in [7, 11) is 0. The van der Waals surface area contributed by atoms with Crippen molar-refractivity contribution in [3.63, 3.8) is 0 Å². The summed E-state index contributed by atoms with van der Waals surface area (Å²) in [6, 6.07) is 4.31. The molecule has 0 aliphatic carbocycles. The number of nitrogens with one attached hydrogen (secondary N) is 3. The van der Waals surface area contributed by atoms with Crippen molar-refractivity contribution < 1.29 is 9.53 Å². The lowest BCUT2D eigenvalue weighted by atomic mass is 10.2. The molecule has 1 amide bonds. The van der Waals surface area contributed by atoms with E-state index < -0.39 is 5.60 Å². The summed E-state index contributed by atoms with van der Waals surface area (Å²) in [5, 5.41) is 9.27. The molecule has 3 N–H and O–H groups in total. The van der Waals surface area contributed by atoms with Crippen LogP contribution in [-0.4, -0.2) is 37.3 Å². The highest BCUT2D eigenvalue weighted by molar-refractivity contribution is 14.0. The lowest BCUT2D eigenvalue weighted by Gasteiger charge is -2.19. The zero-order valence-electron chi connectivity index (χ0n) is 16.5. The van der Waals surface area contributed by atoms with E-state index >= 15 is 0 Å². The number of amides is 1. The Balaban J connectivity index is 0.00000625. The van der Waals surface area contributed by atoms with Gasteiger partial charge < -0.3 is 20.7 Å². The minimum Gasteiger partial charge on any atom is -0.444 e.